The Morgan fingerprint density at radius 1 is 1.13 bits per heavy atom. The summed E-state index contributed by atoms with van der Waals surface area (Å²) in [5.41, 5.74) is -0.376. The number of cyclic esters (lactones) is 1. The van der Waals surface area contributed by atoms with E-state index in [2.05, 4.69) is 15.2 Å². The van der Waals surface area contributed by atoms with Crippen LogP contribution < -0.4 is 5.32 Å². The van der Waals surface area contributed by atoms with Crippen LogP contribution in [0.25, 0.3) is 0 Å². The number of hydrogen-bond donors (Lipinski definition) is 1. The van der Waals surface area contributed by atoms with Gasteiger partial charge < -0.3 is 19.9 Å². The Morgan fingerprint density at radius 2 is 1.81 bits per heavy atom. The summed E-state index contributed by atoms with van der Waals surface area (Å²) in [7, 11) is 0. The molecule has 4 saturated heterocycles. The van der Waals surface area contributed by atoms with Gasteiger partial charge in [0.15, 0.2) is 0 Å². The molecule has 4 fully saturated rings. The van der Waals surface area contributed by atoms with E-state index in [1.807, 2.05) is 4.90 Å². The number of alkyl halides is 3. The van der Waals surface area contributed by atoms with E-state index in [4.69, 9.17) is 4.74 Å². The highest BCUT2D eigenvalue weighted by atomic mass is 19.4. The first-order valence-electron chi connectivity index (χ1n) is 10.4. The number of ether oxygens (including phenoxy) is 1. The minimum absolute atomic E-state index is 0.00987. The average Bonchev–Trinajstić information content (AvgIpc) is 3.07. The van der Waals surface area contributed by atoms with Crippen LogP contribution in [0.3, 0.4) is 0 Å². The summed E-state index contributed by atoms with van der Waals surface area (Å²) in [5, 5.41) is 2.78. The third-order valence-corrected chi connectivity index (χ3v) is 6.87. The lowest BCUT2D eigenvalue weighted by molar-refractivity contribution is -0.141. The Bertz CT molecular complexity index is 869. The molecular formula is C20H24F3N5O3. The summed E-state index contributed by atoms with van der Waals surface area (Å²) in [4.78, 5) is 33.2. The minimum atomic E-state index is -4.42. The number of nitrogens with one attached hydrogen (secondary N) is 1. The van der Waals surface area contributed by atoms with Gasteiger partial charge in [0.1, 0.15) is 17.8 Å². The van der Waals surface area contributed by atoms with Crippen molar-refractivity contribution >= 4 is 12.1 Å². The molecule has 3 amide bonds. The van der Waals surface area contributed by atoms with Gasteiger partial charge in [0.25, 0.3) is 0 Å². The lowest BCUT2D eigenvalue weighted by Gasteiger charge is -2.56. The first-order valence-corrected chi connectivity index (χ1v) is 10.4. The molecule has 8 nitrogen and oxygen atoms in total. The summed E-state index contributed by atoms with van der Waals surface area (Å²) >= 11 is 0. The van der Waals surface area contributed by atoms with Gasteiger partial charge in [-0.2, -0.15) is 13.2 Å². The highest BCUT2D eigenvalue weighted by Crippen LogP contribution is 2.42. The monoisotopic (exact) mass is 439 g/mol. The van der Waals surface area contributed by atoms with Crippen LogP contribution in [0.15, 0.2) is 18.3 Å². The van der Waals surface area contributed by atoms with Gasteiger partial charge in [-0.05, 0) is 37.6 Å². The molecule has 11 heteroatoms. The molecular weight excluding hydrogens is 415 g/mol. The zero-order valence-corrected chi connectivity index (χ0v) is 17.0. The second kappa shape index (κ2) is 6.98. The van der Waals surface area contributed by atoms with Gasteiger partial charge in [-0.25, -0.2) is 9.59 Å². The SMILES string of the molecule is O=C1NC2(CO1)CN(C(=O)N1CC3(CCN(Cc4ccc(C(F)(F)F)nc4)CC3)C1)C2. The van der Waals surface area contributed by atoms with Crippen LogP contribution in [0.1, 0.15) is 24.1 Å². The number of urea groups is 1. The lowest BCUT2D eigenvalue weighted by atomic mass is 9.72. The molecule has 0 aromatic carbocycles. The number of piperidine rings is 1. The molecule has 1 aromatic heterocycles. The van der Waals surface area contributed by atoms with Gasteiger partial charge in [0, 0.05) is 31.2 Å². The van der Waals surface area contributed by atoms with Crippen LogP contribution in [0.5, 0.6) is 0 Å². The van der Waals surface area contributed by atoms with E-state index < -0.39 is 23.5 Å². The van der Waals surface area contributed by atoms with Gasteiger partial charge in [0.2, 0.25) is 0 Å². The van der Waals surface area contributed by atoms with Crippen LogP contribution >= 0.6 is 0 Å². The lowest BCUT2D eigenvalue weighted by Crippen LogP contribution is -2.73. The molecule has 168 valence electrons. The molecule has 0 radical (unpaired) electrons. The molecule has 0 bridgehead atoms. The van der Waals surface area contributed by atoms with Crippen molar-refractivity contribution in [2.45, 2.75) is 31.1 Å². The number of carbonyl (C=O) groups excluding carboxylic acids is 2. The minimum Gasteiger partial charge on any atom is -0.447 e. The van der Waals surface area contributed by atoms with Gasteiger partial charge in [-0.15, -0.1) is 0 Å². The third-order valence-electron chi connectivity index (χ3n) is 6.87. The van der Waals surface area contributed by atoms with Gasteiger partial charge in [-0.1, -0.05) is 6.07 Å². The molecule has 5 heterocycles. The standard InChI is InChI=1S/C20H24F3N5O3/c21-20(22,23)15-2-1-14(7-24-15)8-26-5-3-18(4-6-26)9-27(10-18)17(30)28-11-19(12-28)13-31-16(29)25-19/h1-2,7H,3-6,8-13H2,(H,25,29). The maximum absolute atomic E-state index is 12.7. The quantitative estimate of drug-likeness (QED) is 0.762. The zero-order chi connectivity index (χ0) is 21.9. The second-order valence-corrected chi connectivity index (χ2v) is 9.30. The van der Waals surface area contributed by atoms with Gasteiger partial charge in [0.05, 0.1) is 13.1 Å². The topological polar surface area (TPSA) is 78.0 Å². The van der Waals surface area contributed by atoms with Crippen molar-refractivity contribution in [2.24, 2.45) is 5.41 Å². The number of likely N-dealkylation sites (tertiary alicyclic amines) is 3. The predicted octanol–water partition coefficient (Wildman–Crippen LogP) is 1.91. The average molecular weight is 439 g/mol. The van der Waals surface area contributed by atoms with Crippen LogP contribution in [0.4, 0.5) is 22.8 Å². The molecule has 1 aromatic rings. The Morgan fingerprint density at radius 3 is 2.35 bits per heavy atom. The molecule has 2 spiro atoms. The maximum Gasteiger partial charge on any atom is 0.433 e. The Hall–Kier alpha value is -2.56. The smallest absolute Gasteiger partial charge is 0.433 e. The number of carbonyl (C=O) groups is 2. The zero-order valence-electron chi connectivity index (χ0n) is 17.0. The van der Waals surface area contributed by atoms with Gasteiger partial charge in [-0.3, -0.25) is 9.88 Å². The molecule has 5 rings (SSSR count). The first-order chi connectivity index (χ1) is 14.7. The summed E-state index contributed by atoms with van der Waals surface area (Å²) in [6.45, 7) is 5.00. The van der Waals surface area contributed by atoms with Crippen molar-refractivity contribution in [1.82, 2.24) is 25.0 Å². The van der Waals surface area contributed by atoms with Crippen LogP contribution in [-0.4, -0.2) is 83.2 Å². The number of halogens is 3. The van der Waals surface area contributed by atoms with E-state index >= 15 is 0 Å². The number of rotatable bonds is 2. The van der Waals surface area contributed by atoms with Crippen molar-refractivity contribution in [3.8, 4) is 0 Å². The number of amides is 3. The largest absolute Gasteiger partial charge is 0.447 e. The molecule has 4 aliphatic rings. The van der Waals surface area contributed by atoms with Crippen molar-refractivity contribution < 1.29 is 27.5 Å². The third kappa shape index (κ3) is 3.79. The van der Waals surface area contributed by atoms with E-state index in [9.17, 15) is 22.8 Å². The van der Waals surface area contributed by atoms with E-state index in [-0.39, 0.29) is 11.4 Å². The molecule has 31 heavy (non-hydrogen) atoms. The number of nitrogens with zero attached hydrogens (tertiary/aromatic N) is 4. The predicted molar refractivity (Wildman–Crippen MR) is 102 cm³/mol. The molecule has 0 unspecified atom stereocenters. The normalized spacial score (nSPS) is 24.5. The van der Waals surface area contributed by atoms with Crippen molar-refractivity contribution in [3.05, 3.63) is 29.6 Å². The highest BCUT2D eigenvalue weighted by molar-refractivity contribution is 5.78. The Labute approximate surface area is 177 Å². The first kappa shape index (κ1) is 20.3. The Balaban J connectivity index is 1.06. The maximum atomic E-state index is 12.7. The van der Waals surface area contributed by atoms with Crippen molar-refractivity contribution in [3.63, 3.8) is 0 Å². The fourth-order valence-corrected chi connectivity index (χ4v) is 5.03. The van der Waals surface area contributed by atoms with E-state index in [1.54, 1.807) is 4.90 Å². The summed E-state index contributed by atoms with van der Waals surface area (Å²) in [6.07, 6.45) is -1.63. The van der Waals surface area contributed by atoms with Crippen LogP contribution in [-0.2, 0) is 17.5 Å². The number of alkyl carbamates (subject to hydrolysis) is 1. The van der Waals surface area contributed by atoms with E-state index in [0.29, 0.717) is 26.2 Å². The highest BCUT2D eigenvalue weighted by Gasteiger charge is 2.54. The number of hydrogen-bond acceptors (Lipinski definition) is 5. The van der Waals surface area contributed by atoms with Crippen molar-refractivity contribution in [2.75, 3.05) is 45.9 Å². The second-order valence-electron chi connectivity index (χ2n) is 9.30. The van der Waals surface area contributed by atoms with Crippen LogP contribution in [0, 0.1) is 5.41 Å². The van der Waals surface area contributed by atoms with E-state index in [1.165, 1.54) is 12.3 Å². The van der Waals surface area contributed by atoms with Crippen molar-refractivity contribution in [1.29, 1.82) is 0 Å². The molecule has 0 saturated carbocycles. The Kier molecular flexibility index (Phi) is 4.58. The summed E-state index contributed by atoms with van der Waals surface area (Å²) in [5.74, 6) is 0. The molecule has 0 aliphatic carbocycles. The summed E-state index contributed by atoms with van der Waals surface area (Å²) < 4.78 is 42.9. The van der Waals surface area contributed by atoms with Gasteiger partial charge >= 0.3 is 18.3 Å². The molecule has 1 N–H and O–H groups in total. The molecule has 4 aliphatic heterocycles. The fraction of sp³-hybridized carbons (Fsp3) is 0.650. The molecule has 0 atom stereocenters. The number of aromatic nitrogens is 1. The van der Waals surface area contributed by atoms with E-state index in [0.717, 1.165) is 50.7 Å². The number of pyridine rings is 1. The fourth-order valence-electron chi connectivity index (χ4n) is 5.03. The summed E-state index contributed by atoms with van der Waals surface area (Å²) in [6, 6.07) is 2.52. The van der Waals surface area contributed by atoms with Crippen LogP contribution in [0.2, 0.25) is 0 Å².